The monoisotopic (exact) mass is 330 g/mol. The highest BCUT2D eigenvalue weighted by molar-refractivity contribution is 7.92. The molecule has 3 N–H and O–H groups in total. The van der Waals surface area contributed by atoms with E-state index in [-0.39, 0.29) is 20.6 Å². The van der Waals surface area contributed by atoms with Crippen molar-refractivity contribution in [3.63, 3.8) is 0 Å². The highest BCUT2D eigenvalue weighted by atomic mass is 35.5. The van der Waals surface area contributed by atoms with E-state index in [0.717, 1.165) is 5.56 Å². The molecular weight excluding hydrogens is 319 g/mol. The number of hydrogen-bond acceptors (Lipinski definition) is 3. The predicted octanol–water partition coefficient (Wildman–Crippen LogP) is 3.68. The Balaban J connectivity index is 2.43. The number of hydrogen-bond donors (Lipinski definition) is 2. The van der Waals surface area contributed by atoms with Gasteiger partial charge in [0.05, 0.1) is 20.6 Å². The van der Waals surface area contributed by atoms with Crippen LogP contribution in [-0.2, 0) is 10.0 Å². The summed E-state index contributed by atoms with van der Waals surface area (Å²) < 4.78 is 26.9. The second-order valence-corrected chi connectivity index (χ2v) is 6.72. The summed E-state index contributed by atoms with van der Waals surface area (Å²) in [6, 6.07) is 9.23. The lowest BCUT2D eigenvalue weighted by atomic mass is 10.2. The van der Waals surface area contributed by atoms with E-state index in [0.29, 0.717) is 5.69 Å². The molecule has 0 aliphatic carbocycles. The average molecular weight is 331 g/mol. The van der Waals surface area contributed by atoms with Gasteiger partial charge in [0.25, 0.3) is 10.0 Å². The van der Waals surface area contributed by atoms with Gasteiger partial charge in [-0.05, 0) is 36.8 Å². The molecule has 0 spiro atoms. The van der Waals surface area contributed by atoms with Crippen LogP contribution in [0.2, 0.25) is 10.0 Å². The van der Waals surface area contributed by atoms with Gasteiger partial charge in [0, 0.05) is 5.69 Å². The lowest BCUT2D eigenvalue weighted by Crippen LogP contribution is -2.14. The Morgan fingerprint density at radius 1 is 1.10 bits per heavy atom. The minimum Gasteiger partial charge on any atom is -0.398 e. The molecule has 0 aromatic heterocycles. The fourth-order valence-electron chi connectivity index (χ4n) is 1.57. The Bertz CT molecular complexity index is 741. The smallest absolute Gasteiger partial charge is 0.262 e. The lowest BCUT2D eigenvalue weighted by molar-refractivity contribution is 0.601. The maximum absolute atomic E-state index is 12.3. The normalized spacial score (nSPS) is 11.3. The molecular formula is C13H12Cl2N2O2S. The van der Waals surface area contributed by atoms with E-state index in [4.69, 9.17) is 28.9 Å². The summed E-state index contributed by atoms with van der Waals surface area (Å²) in [7, 11) is -3.80. The molecule has 4 nitrogen and oxygen atoms in total. The average Bonchev–Trinajstić information content (AvgIpc) is 2.37. The zero-order valence-corrected chi connectivity index (χ0v) is 12.9. The van der Waals surface area contributed by atoms with Crippen LogP contribution in [0.15, 0.2) is 41.3 Å². The summed E-state index contributed by atoms with van der Waals surface area (Å²) in [5.74, 6) is 0. The van der Waals surface area contributed by atoms with E-state index >= 15 is 0 Å². The molecule has 0 atom stereocenters. The SMILES string of the molecule is Cc1ccc(S(=O)(=O)Nc2c(Cl)cccc2Cl)cc1N. The molecule has 0 bridgehead atoms. The molecule has 2 aromatic rings. The number of halogens is 2. The topological polar surface area (TPSA) is 72.2 Å². The fraction of sp³-hybridized carbons (Fsp3) is 0.0769. The van der Waals surface area contributed by atoms with E-state index in [2.05, 4.69) is 4.72 Å². The molecule has 0 heterocycles. The number of nitrogen functional groups attached to an aromatic ring is 1. The van der Waals surface area contributed by atoms with Crippen molar-refractivity contribution in [1.82, 2.24) is 0 Å². The highest BCUT2D eigenvalue weighted by Gasteiger charge is 2.18. The van der Waals surface area contributed by atoms with Crippen LogP contribution in [0.5, 0.6) is 0 Å². The van der Waals surface area contributed by atoms with Crippen LogP contribution in [0, 0.1) is 6.92 Å². The number of nitrogens with two attached hydrogens (primary N) is 1. The first-order valence-corrected chi connectivity index (χ1v) is 7.88. The first-order valence-electron chi connectivity index (χ1n) is 5.64. The maximum Gasteiger partial charge on any atom is 0.262 e. The third kappa shape index (κ3) is 3.00. The zero-order valence-electron chi connectivity index (χ0n) is 10.5. The van der Waals surface area contributed by atoms with Crippen LogP contribution in [0.25, 0.3) is 0 Å². The number of aryl methyl sites for hydroxylation is 1. The standard InChI is InChI=1S/C13H12Cl2N2O2S/c1-8-5-6-9(7-12(8)16)20(18,19)17-13-10(14)3-2-4-11(13)15/h2-7,17H,16H2,1H3. The van der Waals surface area contributed by atoms with E-state index in [1.54, 1.807) is 31.2 Å². The molecule has 0 saturated heterocycles. The highest BCUT2D eigenvalue weighted by Crippen LogP contribution is 2.32. The van der Waals surface area contributed by atoms with Gasteiger partial charge in [-0.3, -0.25) is 4.72 Å². The van der Waals surface area contributed by atoms with Gasteiger partial charge in [0.15, 0.2) is 0 Å². The Morgan fingerprint density at radius 3 is 2.25 bits per heavy atom. The lowest BCUT2D eigenvalue weighted by Gasteiger charge is -2.12. The molecule has 2 rings (SSSR count). The molecule has 20 heavy (non-hydrogen) atoms. The number of anilines is 2. The van der Waals surface area contributed by atoms with Crippen LogP contribution in [0.3, 0.4) is 0 Å². The summed E-state index contributed by atoms with van der Waals surface area (Å²) in [6.07, 6.45) is 0. The van der Waals surface area contributed by atoms with Crippen molar-refractivity contribution in [2.45, 2.75) is 11.8 Å². The van der Waals surface area contributed by atoms with Crippen LogP contribution in [0.1, 0.15) is 5.56 Å². The number of sulfonamides is 1. The molecule has 0 aliphatic rings. The summed E-state index contributed by atoms with van der Waals surface area (Å²) in [5.41, 5.74) is 7.08. The van der Waals surface area contributed by atoms with Crippen molar-refractivity contribution < 1.29 is 8.42 Å². The molecule has 0 radical (unpaired) electrons. The van der Waals surface area contributed by atoms with E-state index < -0.39 is 10.0 Å². The van der Waals surface area contributed by atoms with E-state index in [1.807, 2.05) is 0 Å². The van der Waals surface area contributed by atoms with Gasteiger partial charge >= 0.3 is 0 Å². The summed E-state index contributed by atoms with van der Waals surface area (Å²) >= 11 is 11.9. The molecule has 0 saturated carbocycles. The molecule has 0 amide bonds. The van der Waals surface area contributed by atoms with Crippen LogP contribution < -0.4 is 10.5 Å². The third-order valence-corrected chi connectivity index (χ3v) is 4.74. The summed E-state index contributed by atoms with van der Waals surface area (Å²) in [6.45, 7) is 1.80. The van der Waals surface area contributed by atoms with Gasteiger partial charge in [-0.2, -0.15) is 0 Å². The zero-order chi connectivity index (χ0) is 14.9. The molecule has 0 unspecified atom stereocenters. The van der Waals surface area contributed by atoms with Crippen LogP contribution >= 0.6 is 23.2 Å². The van der Waals surface area contributed by atoms with E-state index in [1.165, 1.54) is 12.1 Å². The first-order chi connectivity index (χ1) is 9.31. The van der Waals surface area contributed by atoms with E-state index in [9.17, 15) is 8.42 Å². The Labute approximate surface area is 127 Å². The maximum atomic E-state index is 12.3. The molecule has 106 valence electrons. The van der Waals surface area contributed by atoms with Crippen molar-refractivity contribution in [3.05, 3.63) is 52.0 Å². The second-order valence-electron chi connectivity index (χ2n) is 4.22. The Kier molecular flexibility index (Phi) is 4.13. The van der Waals surface area contributed by atoms with Gasteiger partial charge < -0.3 is 5.73 Å². The summed E-state index contributed by atoms with van der Waals surface area (Å²) in [5, 5.41) is 0.447. The number of para-hydroxylation sites is 1. The van der Waals surface area contributed by atoms with Crippen molar-refractivity contribution in [2.75, 3.05) is 10.5 Å². The minimum atomic E-state index is -3.80. The largest absolute Gasteiger partial charge is 0.398 e. The van der Waals surface area contributed by atoms with Crippen molar-refractivity contribution in [3.8, 4) is 0 Å². The first kappa shape index (κ1) is 15.0. The Morgan fingerprint density at radius 2 is 1.70 bits per heavy atom. The number of rotatable bonds is 3. The quantitative estimate of drug-likeness (QED) is 0.843. The fourth-order valence-corrected chi connectivity index (χ4v) is 3.31. The van der Waals surface area contributed by atoms with Gasteiger partial charge in [-0.1, -0.05) is 35.3 Å². The summed E-state index contributed by atoms with van der Waals surface area (Å²) in [4.78, 5) is 0.0524. The molecule has 0 fully saturated rings. The number of benzene rings is 2. The van der Waals surface area contributed by atoms with Gasteiger partial charge in [-0.15, -0.1) is 0 Å². The molecule has 0 aliphatic heterocycles. The van der Waals surface area contributed by atoms with Crippen LogP contribution in [0.4, 0.5) is 11.4 Å². The number of nitrogens with one attached hydrogen (secondary N) is 1. The van der Waals surface area contributed by atoms with Gasteiger partial charge in [0.2, 0.25) is 0 Å². The predicted molar refractivity (Wildman–Crippen MR) is 82.9 cm³/mol. The van der Waals surface area contributed by atoms with Crippen LogP contribution in [-0.4, -0.2) is 8.42 Å². The van der Waals surface area contributed by atoms with Gasteiger partial charge in [-0.25, -0.2) is 8.42 Å². The van der Waals surface area contributed by atoms with Crippen molar-refractivity contribution >= 4 is 44.6 Å². The molecule has 7 heteroatoms. The minimum absolute atomic E-state index is 0.0524. The van der Waals surface area contributed by atoms with Crippen molar-refractivity contribution in [1.29, 1.82) is 0 Å². The van der Waals surface area contributed by atoms with Crippen molar-refractivity contribution in [2.24, 2.45) is 0 Å². The molecule has 2 aromatic carbocycles. The Hall–Kier alpha value is -1.43. The third-order valence-electron chi connectivity index (χ3n) is 2.76. The van der Waals surface area contributed by atoms with Gasteiger partial charge in [0.1, 0.15) is 0 Å². The second kappa shape index (κ2) is 5.52.